The van der Waals surface area contributed by atoms with E-state index >= 15 is 0 Å². The summed E-state index contributed by atoms with van der Waals surface area (Å²) < 4.78 is 10.8. The molecule has 0 heterocycles. The normalized spacial score (nSPS) is 12.7. The monoisotopic (exact) mass is 1170 g/mol. The fourth-order valence-electron chi connectivity index (χ4n) is 11.1. The van der Waals surface area contributed by atoms with E-state index in [4.69, 9.17) is 9.47 Å². The highest BCUT2D eigenvalue weighted by Gasteiger charge is 2.16. The molecular formula is C79H142O5. The van der Waals surface area contributed by atoms with Gasteiger partial charge < -0.3 is 14.6 Å². The number of aliphatic hydroxyl groups excluding tert-OH is 1. The molecule has 0 rings (SSSR count). The third kappa shape index (κ3) is 71.6. The van der Waals surface area contributed by atoms with E-state index in [1.807, 2.05) is 0 Å². The summed E-state index contributed by atoms with van der Waals surface area (Å²) >= 11 is 0. The van der Waals surface area contributed by atoms with Gasteiger partial charge in [0.2, 0.25) is 0 Å². The van der Waals surface area contributed by atoms with Gasteiger partial charge in [0.05, 0.1) is 6.61 Å². The van der Waals surface area contributed by atoms with Gasteiger partial charge in [-0.2, -0.15) is 0 Å². The van der Waals surface area contributed by atoms with Crippen LogP contribution in [0.15, 0.2) is 85.1 Å². The molecular weight excluding hydrogens is 1030 g/mol. The standard InChI is InChI=1S/C79H142O5/c1-3-5-7-9-11-13-15-17-19-21-23-25-27-29-31-33-35-36-37-38-39-40-41-42-44-46-48-50-52-54-56-58-60-62-64-66-68-70-72-74-79(82)84-77(75-80)76-83-78(81)73-71-69-67-65-63-61-59-57-55-53-51-49-47-45-43-34-32-30-28-26-24-22-20-18-16-14-12-10-8-6-4-2/h5,7,11,13,16-19,22-25,28,30,77,80H,3-4,6,8-10,12,14-15,20-21,26-27,29,31-76H2,1-2H3/b7-5-,13-11-,18-16-,19-17-,24-22-,25-23-,30-28-. The molecule has 5 nitrogen and oxygen atoms in total. The third-order valence-electron chi connectivity index (χ3n) is 16.7. The quantitative estimate of drug-likeness (QED) is 0.0373. The SMILES string of the molecule is CC/C=C\C/C=C\C/C=C\C/C=C\CCCCCCCCCCCCCCCCCCCCCCCCCCCCC(=O)OC(CO)COC(=O)CCCCCCCCCCCCCCCCCC/C=C\C/C=C\C/C=C\CCCCCCC. The minimum absolute atomic E-state index is 0.0627. The smallest absolute Gasteiger partial charge is 0.306 e. The van der Waals surface area contributed by atoms with Crippen molar-refractivity contribution in [3.05, 3.63) is 85.1 Å². The zero-order valence-electron chi connectivity index (χ0n) is 56.2. The molecule has 1 N–H and O–H groups in total. The Hall–Kier alpha value is -2.92. The van der Waals surface area contributed by atoms with Crippen molar-refractivity contribution in [2.75, 3.05) is 13.2 Å². The first-order chi connectivity index (χ1) is 41.6. The van der Waals surface area contributed by atoms with Crippen molar-refractivity contribution in [1.29, 1.82) is 0 Å². The minimum atomic E-state index is -0.774. The van der Waals surface area contributed by atoms with Crippen LogP contribution in [0.2, 0.25) is 0 Å². The van der Waals surface area contributed by atoms with Crippen LogP contribution in [0.4, 0.5) is 0 Å². The number of unbranched alkanes of at least 4 members (excludes halogenated alkanes) is 47. The first kappa shape index (κ1) is 81.1. The molecule has 0 bridgehead atoms. The summed E-state index contributed by atoms with van der Waals surface area (Å²) in [7, 11) is 0. The van der Waals surface area contributed by atoms with Crippen LogP contribution < -0.4 is 0 Å². The molecule has 0 amide bonds. The molecule has 0 saturated heterocycles. The van der Waals surface area contributed by atoms with Crippen LogP contribution in [0.5, 0.6) is 0 Å². The second-order valence-electron chi connectivity index (χ2n) is 25.0. The summed E-state index contributed by atoms with van der Waals surface area (Å²) in [6.45, 7) is 4.06. The molecule has 0 aliphatic carbocycles. The molecule has 0 aromatic carbocycles. The van der Waals surface area contributed by atoms with Crippen molar-refractivity contribution < 1.29 is 24.2 Å². The lowest BCUT2D eigenvalue weighted by atomic mass is 10.0. The number of carbonyl (C=O) groups excluding carboxylic acids is 2. The van der Waals surface area contributed by atoms with Crippen LogP contribution in [0.3, 0.4) is 0 Å². The highest BCUT2D eigenvalue weighted by molar-refractivity contribution is 5.70. The van der Waals surface area contributed by atoms with Gasteiger partial charge in [0.25, 0.3) is 0 Å². The Morgan fingerprint density at radius 3 is 0.774 bits per heavy atom. The molecule has 0 aliphatic rings. The van der Waals surface area contributed by atoms with Crippen molar-refractivity contribution in [2.45, 2.75) is 392 Å². The van der Waals surface area contributed by atoms with Crippen LogP contribution >= 0.6 is 0 Å². The van der Waals surface area contributed by atoms with E-state index in [0.29, 0.717) is 12.8 Å². The maximum atomic E-state index is 12.4. The van der Waals surface area contributed by atoms with Gasteiger partial charge in [-0.15, -0.1) is 0 Å². The van der Waals surface area contributed by atoms with Crippen LogP contribution in [-0.2, 0) is 19.1 Å². The van der Waals surface area contributed by atoms with Gasteiger partial charge in [0, 0.05) is 12.8 Å². The maximum absolute atomic E-state index is 12.4. The molecule has 488 valence electrons. The molecule has 1 atom stereocenters. The first-order valence-electron chi connectivity index (χ1n) is 37.1. The van der Waals surface area contributed by atoms with Crippen molar-refractivity contribution in [3.8, 4) is 0 Å². The molecule has 0 spiro atoms. The van der Waals surface area contributed by atoms with Crippen LogP contribution in [0.1, 0.15) is 386 Å². The lowest BCUT2D eigenvalue weighted by molar-refractivity contribution is -0.161. The van der Waals surface area contributed by atoms with Crippen LogP contribution in [0.25, 0.3) is 0 Å². The molecule has 5 heteroatoms. The largest absolute Gasteiger partial charge is 0.462 e. The molecule has 1 unspecified atom stereocenters. The first-order valence-corrected chi connectivity index (χ1v) is 37.1. The lowest BCUT2D eigenvalue weighted by Gasteiger charge is -2.15. The number of ether oxygens (including phenoxy) is 2. The van der Waals surface area contributed by atoms with E-state index in [2.05, 4.69) is 98.9 Å². The highest BCUT2D eigenvalue weighted by atomic mass is 16.6. The van der Waals surface area contributed by atoms with Gasteiger partial charge in [-0.25, -0.2) is 0 Å². The molecule has 0 radical (unpaired) electrons. The summed E-state index contributed by atoms with van der Waals surface area (Å²) in [5, 5.41) is 9.72. The summed E-state index contributed by atoms with van der Waals surface area (Å²) in [6.07, 6.45) is 105. The predicted octanol–water partition coefficient (Wildman–Crippen LogP) is 26.0. The van der Waals surface area contributed by atoms with Crippen LogP contribution in [0, 0.1) is 0 Å². The van der Waals surface area contributed by atoms with Crippen molar-refractivity contribution in [3.63, 3.8) is 0 Å². The number of hydrogen-bond acceptors (Lipinski definition) is 5. The van der Waals surface area contributed by atoms with E-state index in [9.17, 15) is 14.7 Å². The summed E-state index contributed by atoms with van der Waals surface area (Å²) in [4.78, 5) is 24.7. The number of aliphatic hydroxyl groups is 1. The second-order valence-corrected chi connectivity index (χ2v) is 25.0. The number of hydrogen-bond donors (Lipinski definition) is 1. The van der Waals surface area contributed by atoms with Gasteiger partial charge in [0.15, 0.2) is 6.10 Å². The number of carbonyl (C=O) groups is 2. The number of rotatable bonds is 69. The minimum Gasteiger partial charge on any atom is -0.462 e. The summed E-state index contributed by atoms with van der Waals surface area (Å²) in [6, 6.07) is 0. The van der Waals surface area contributed by atoms with Gasteiger partial charge in [-0.1, -0.05) is 369 Å². The second kappa shape index (κ2) is 74.3. The van der Waals surface area contributed by atoms with Crippen molar-refractivity contribution >= 4 is 11.9 Å². The highest BCUT2D eigenvalue weighted by Crippen LogP contribution is 2.19. The topological polar surface area (TPSA) is 72.8 Å². The third-order valence-corrected chi connectivity index (χ3v) is 16.7. The molecule has 0 aliphatic heterocycles. The predicted molar refractivity (Wildman–Crippen MR) is 371 cm³/mol. The zero-order valence-corrected chi connectivity index (χ0v) is 56.2. The fourth-order valence-corrected chi connectivity index (χ4v) is 11.1. The Morgan fingerprint density at radius 2 is 0.512 bits per heavy atom. The van der Waals surface area contributed by atoms with E-state index in [-0.39, 0.29) is 25.2 Å². The molecule has 0 aromatic rings. The fraction of sp³-hybridized carbons (Fsp3) is 0.797. The molecule has 0 aromatic heterocycles. The Balaban J connectivity index is 3.40. The zero-order chi connectivity index (χ0) is 60.5. The molecule has 84 heavy (non-hydrogen) atoms. The van der Waals surface area contributed by atoms with Gasteiger partial charge in [-0.3, -0.25) is 9.59 Å². The number of esters is 2. The lowest BCUT2D eigenvalue weighted by Crippen LogP contribution is -2.28. The Bertz CT molecular complexity index is 1520. The summed E-state index contributed by atoms with van der Waals surface area (Å²) in [5.41, 5.74) is 0. The molecule has 0 fully saturated rings. The summed E-state index contributed by atoms with van der Waals surface area (Å²) in [5.74, 6) is -0.571. The van der Waals surface area contributed by atoms with E-state index in [1.165, 1.54) is 283 Å². The average molecular weight is 1170 g/mol. The van der Waals surface area contributed by atoms with E-state index < -0.39 is 6.10 Å². The van der Waals surface area contributed by atoms with Gasteiger partial charge >= 0.3 is 11.9 Å². The van der Waals surface area contributed by atoms with Crippen molar-refractivity contribution in [1.82, 2.24) is 0 Å². The Labute approximate surface area is 524 Å². The van der Waals surface area contributed by atoms with Gasteiger partial charge in [-0.05, 0) is 89.9 Å². The van der Waals surface area contributed by atoms with Crippen molar-refractivity contribution in [2.24, 2.45) is 0 Å². The number of allylic oxidation sites excluding steroid dienone is 14. The van der Waals surface area contributed by atoms with E-state index in [1.54, 1.807) is 0 Å². The average Bonchev–Trinajstić information content (AvgIpc) is 3.51. The Morgan fingerprint density at radius 1 is 0.286 bits per heavy atom. The Kier molecular flexibility index (Phi) is 71.7. The maximum Gasteiger partial charge on any atom is 0.306 e. The van der Waals surface area contributed by atoms with E-state index in [0.717, 1.165) is 77.0 Å². The van der Waals surface area contributed by atoms with Crippen LogP contribution in [-0.4, -0.2) is 36.4 Å². The van der Waals surface area contributed by atoms with Gasteiger partial charge in [0.1, 0.15) is 6.61 Å². The molecule has 0 saturated carbocycles.